The van der Waals surface area contributed by atoms with Gasteiger partial charge in [-0.3, -0.25) is 4.79 Å². The number of aromatic nitrogens is 1. The summed E-state index contributed by atoms with van der Waals surface area (Å²) in [7, 11) is -3.78. The normalized spacial score (nSPS) is 17.1. The van der Waals surface area contributed by atoms with E-state index >= 15 is 0 Å². The van der Waals surface area contributed by atoms with E-state index < -0.39 is 16.1 Å². The predicted molar refractivity (Wildman–Crippen MR) is 116 cm³/mol. The van der Waals surface area contributed by atoms with E-state index in [2.05, 4.69) is 10.3 Å². The number of carbonyl (C=O) groups is 1. The second-order valence-electron chi connectivity index (χ2n) is 6.84. The van der Waals surface area contributed by atoms with Gasteiger partial charge in [-0.1, -0.05) is 37.3 Å². The van der Waals surface area contributed by atoms with Crippen LogP contribution in [-0.4, -0.2) is 29.7 Å². The lowest BCUT2D eigenvalue weighted by molar-refractivity contribution is -0.120. The van der Waals surface area contributed by atoms with Crippen molar-refractivity contribution in [2.75, 3.05) is 5.32 Å². The van der Waals surface area contributed by atoms with Gasteiger partial charge in [-0.25, -0.2) is 13.4 Å². The van der Waals surface area contributed by atoms with Gasteiger partial charge in [0.2, 0.25) is 5.91 Å². The summed E-state index contributed by atoms with van der Waals surface area (Å²) < 4.78 is 28.1. The summed E-state index contributed by atoms with van der Waals surface area (Å²) >= 11 is 2.57. The Morgan fingerprint density at radius 2 is 2.00 bits per heavy atom. The summed E-state index contributed by atoms with van der Waals surface area (Å²) in [5, 5.41) is 5.09. The predicted octanol–water partition coefficient (Wildman–Crippen LogP) is 3.83. The van der Waals surface area contributed by atoms with E-state index in [9.17, 15) is 13.2 Å². The van der Waals surface area contributed by atoms with E-state index in [0.29, 0.717) is 11.6 Å². The van der Waals surface area contributed by atoms with Crippen molar-refractivity contribution in [2.24, 2.45) is 0 Å². The van der Waals surface area contributed by atoms with Gasteiger partial charge in [-0.05, 0) is 42.3 Å². The molecule has 1 aromatic carbocycles. The van der Waals surface area contributed by atoms with E-state index in [0.717, 1.165) is 39.5 Å². The monoisotopic (exact) mass is 447 g/mol. The molecule has 0 radical (unpaired) electrons. The number of thiophene rings is 1. The molecule has 1 aliphatic heterocycles. The van der Waals surface area contributed by atoms with Crippen LogP contribution in [0.5, 0.6) is 0 Å². The van der Waals surface area contributed by atoms with Gasteiger partial charge in [0.25, 0.3) is 10.0 Å². The fraction of sp³-hybridized carbons (Fsp3) is 0.300. The minimum absolute atomic E-state index is 0.172. The minimum Gasteiger partial charge on any atom is -0.301 e. The molecular weight excluding hydrogens is 426 g/mol. The molecule has 152 valence electrons. The van der Waals surface area contributed by atoms with E-state index in [-0.39, 0.29) is 16.7 Å². The van der Waals surface area contributed by atoms with Crippen molar-refractivity contribution >= 4 is 43.7 Å². The molecule has 1 aliphatic rings. The fourth-order valence-electron chi connectivity index (χ4n) is 3.50. The highest BCUT2D eigenvalue weighted by Crippen LogP contribution is 2.32. The quantitative estimate of drug-likeness (QED) is 0.645. The third kappa shape index (κ3) is 3.87. The maximum absolute atomic E-state index is 13.3. The Morgan fingerprint density at radius 3 is 2.66 bits per heavy atom. The molecule has 3 heterocycles. The Bertz CT molecular complexity index is 1140. The number of aryl methyl sites for hydroxylation is 2. The van der Waals surface area contributed by atoms with Gasteiger partial charge in [-0.2, -0.15) is 4.31 Å². The number of hydrogen-bond acceptors (Lipinski definition) is 6. The lowest BCUT2D eigenvalue weighted by atomic mass is 9.95. The molecule has 3 aromatic rings. The zero-order valence-corrected chi connectivity index (χ0v) is 18.5. The molecule has 0 spiro atoms. The number of benzene rings is 1. The topological polar surface area (TPSA) is 79.4 Å². The number of carbonyl (C=O) groups excluding carboxylic acids is 1. The van der Waals surface area contributed by atoms with Crippen LogP contribution in [0.15, 0.2) is 46.0 Å². The molecule has 9 heteroatoms. The van der Waals surface area contributed by atoms with Crippen molar-refractivity contribution in [3.05, 3.63) is 63.5 Å². The van der Waals surface area contributed by atoms with Crippen LogP contribution in [0, 0.1) is 6.92 Å². The molecular formula is C20H21N3O3S3. The summed E-state index contributed by atoms with van der Waals surface area (Å²) in [6.07, 6.45) is 1.12. The summed E-state index contributed by atoms with van der Waals surface area (Å²) in [6.45, 7) is 4.16. The maximum Gasteiger partial charge on any atom is 0.253 e. The number of anilines is 1. The van der Waals surface area contributed by atoms with Crippen molar-refractivity contribution in [1.29, 1.82) is 0 Å². The largest absolute Gasteiger partial charge is 0.301 e. The average Bonchev–Trinajstić information content (AvgIpc) is 3.37. The maximum atomic E-state index is 13.3. The van der Waals surface area contributed by atoms with Crippen molar-refractivity contribution in [3.8, 4) is 0 Å². The van der Waals surface area contributed by atoms with E-state index in [4.69, 9.17) is 0 Å². The zero-order valence-electron chi connectivity index (χ0n) is 16.1. The highest BCUT2D eigenvalue weighted by atomic mass is 32.2. The van der Waals surface area contributed by atoms with Crippen molar-refractivity contribution < 1.29 is 13.2 Å². The number of hydrogen-bond donors (Lipinski definition) is 1. The lowest BCUT2D eigenvalue weighted by Gasteiger charge is -2.34. The molecule has 0 bridgehead atoms. The van der Waals surface area contributed by atoms with Gasteiger partial charge in [0.05, 0.1) is 5.69 Å². The van der Waals surface area contributed by atoms with Gasteiger partial charge in [0.15, 0.2) is 5.13 Å². The number of rotatable bonds is 5. The van der Waals surface area contributed by atoms with Crippen LogP contribution < -0.4 is 5.32 Å². The van der Waals surface area contributed by atoms with Crippen LogP contribution in [0.3, 0.4) is 0 Å². The molecule has 6 nitrogen and oxygen atoms in total. The molecule has 4 rings (SSSR count). The molecule has 0 saturated heterocycles. The Hall–Kier alpha value is -2.07. The van der Waals surface area contributed by atoms with E-state index in [1.165, 1.54) is 15.6 Å². The molecule has 0 saturated carbocycles. The molecule has 1 N–H and O–H groups in total. The smallest absolute Gasteiger partial charge is 0.253 e. The second-order valence-corrected chi connectivity index (χ2v) is 11.1. The SMILES string of the molecule is CCc1nc(NC(=O)[C@@H]2Cc3ccccc3CN2S(=O)(=O)c2cccs2)sc1C. The van der Waals surface area contributed by atoms with E-state index in [1.807, 2.05) is 38.1 Å². The number of nitrogens with one attached hydrogen (secondary N) is 1. The van der Waals surface area contributed by atoms with Gasteiger partial charge in [0.1, 0.15) is 10.3 Å². The molecule has 29 heavy (non-hydrogen) atoms. The molecule has 2 aromatic heterocycles. The van der Waals surface area contributed by atoms with Gasteiger partial charge < -0.3 is 5.32 Å². The molecule has 0 unspecified atom stereocenters. The van der Waals surface area contributed by atoms with Crippen LogP contribution in [0.2, 0.25) is 0 Å². The summed E-state index contributed by atoms with van der Waals surface area (Å²) in [5.74, 6) is -0.351. The Balaban J connectivity index is 1.68. The first kappa shape index (κ1) is 20.2. The Kier molecular flexibility index (Phi) is 5.56. The summed E-state index contributed by atoms with van der Waals surface area (Å²) in [5.41, 5.74) is 2.87. The second kappa shape index (κ2) is 7.98. The molecule has 1 amide bonds. The Labute approximate surface area is 178 Å². The van der Waals surface area contributed by atoms with Crippen LogP contribution >= 0.6 is 22.7 Å². The first-order valence-corrected chi connectivity index (χ1v) is 12.4. The highest BCUT2D eigenvalue weighted by Gasteiger charge is 2.40. The number of fused-ring (bicyclic) bond motifs is 1. The van der Waals surface area contributed by atoms with Gasteiger partial charge in [-0.15, -0.1) is 22.7 Å². The highest BCUT2D eigenvalue weighted by molar-refractivity contribution is 7.91. The first-order valence-electron chi connectivity index (χ1n) is 9.29. The summed E-state index contributed by atoms with van der Waals surface area (Å²) in [6, 6.07) is 10.1. The van der Waals surface area contributed by atoms with Gasteiger partial charge in [0, 0.05) is 11.4 Å². The lowest BCUT2D eigenvalue weighted by Crippen LogP contribution is -2.50. The van der Waals surface area contributed by atoms with Crippen molar-refractivity contribution in [1.82, 2.24) is 9.29 Å². The molecule has 0 aliphatic carbocycles. The number of nitrogens with zero attached hydrogens (tertiary/aromatic N) is 2. The van der Waals surface area contributed by atoms with Crippen LogP contribution in [0.25, 0.3) is 0 Å². The zero-order chi connectivity index (χ0) is 20.6. The third-order valence-corrected chi connectivity index (χ3v) is 9.18. The number of amides is 1. The third-order valence-electron chi connectivity index (χ3n) is 5.02. The average molecular weight is 448 g/mol. The van der Waals surface area contributed by atoms with E-state index in [1.54, 1.807) is 17.5 Å². The minimum atomic E-state index is -3.78. The molecule has 1 atom stereocenters. The van der Waals surface area contributed by atoms with Crippen molar-refractivity contribution in [2.45, 2.75) is 43.5 Å². The van der Waals surface area contributed by atoms with Crippen LogP contribution in [0.4, 0.5) is 5.13 Å². The standard InChI is InChI=1S/C20H21N3O3S3/c1-3-16-13(2)28-20(21-16)22-19(24)17-11-14-7-4-5-8-15(14)12-23(17)29(25,26)18-9-6-10-27-18/h4-10,17H,3,11-12H2,1-2H3,(H,21,22,24)/t17-/m0/s1. The number of thiazole rings is 1. The number of sulfonamides is 1. The van der Waals surface area contributed by atoms with Gasteiger partial charge >= 0.3 is 0 Å². The fourth-order valence-corrected chi connectivity index (χ4v) is 7.09. The molecule has 0 fully saturated rings. The van der Waals surface area contributed by atoms with Crippen LogP contribution in [0.1, 0.15) is 28.6 Å². The van der Waals surface area contributed by atoms with Crippen LogP contribution in [-0.2, 0) is 34.2 Å². The Morgan fingerprint density at radius 1 is 1.24 bits per heavy atom. The van der Waals surface area contributed by atoms with Crippen molar-refractivity contribution in [3.63, 3.8) is 0 Å². The first-order chi connectivity index (χ1) is 13.9. The summed E-state index contributed by atoms with van der Waals surface area (Å²) in [4.78, 5) is 18.7.